The first-order valence-electron chi connectivity index (χ1n) is 22.4. The summed E-state index contributed by atoms with van der Waals surface area (Å²) in [6, 6.07) is 28.1. The zero-order valence-corrected chi connectivity index (χ0v) is 38.6. The average Bonchev–Trinajstić information content (AvgIpc) is 4.07. The Morgan fingerprint density at radius 2 is 1.15 bits per heavy atom. The number of anilines is 2. The van der Waals surface area contributed by atoms with E-state index in [1.807, 2.05) is 77.5 Å². The van der Waals surface area contributed by atoms with Gasteiger partial charge in [0.25, 0.3) is 0 Å². The Morgan fingerprint density at radius 3 is 1.86 bits per heavy atom. The number of hydrogen-bond acceptors (Lipinski definition) is 3. The largest absolute Gasteiger partial charge is 0.457 e. The number of fused-ring (bicyclic) bond motifs is 8. The van der Waals surface area contributed by atoms with Crippen molar-refractivity contribution in [2.45, 2.75) is 0 Å². The maximum absolute atomic E-state index is 7.28. The van der Waals surface area contributed by atoms with Crippen LogP contribution in [0.4, 0.5) is 11.4 Å². The molecule has 11 rings (SSSR count). The van der Waals surface area contributed by atoms with Crippen molar-refractivity contribution in [3.63, 3.8) is 0 Å². The predicted molar refractivity (Wildman–Crippen MR) is 317 cm³/mol. The first kappa shape index (κ1) is 47.4. The maximum atomic E-state index is 7.28. The van der Waals surface area contributed by atoms with Crippen molar-refractivity contribution in [3.05, 3.63) is 145 Å². The molecular formula is C54H22B14N2O2. The molecule has 0 amide bonds. The molecule has 7 aromatic carbocycles. The molecule has 0 fully saturated rings. The van der Waals surface area contributed by atoms with Crippen LogP contribution in [0.3, 0.4) is 0 Å². The molecular weight excluding hydrogens is 860 g/mol. The zero-order chi connectivity index (χ0) is 50.9. The van der Waals surface area contributed by atoms with Crippen molar-refractivity contribution < 1.29 is 8.83 Å². The number of nitrogens with zero attached hydrogens (tertiary/aromatic N) is 2. The van der Waals surface area contributed by atoms with Crippen molar-refractivity contribution in [2.75, 3.05) is 4.90 Å². The number of rotatable bonds is 6. The third-order valence-corrected chi connectivity index (χ3v) is 13.6. The molecule has 4 heterocycles. The lowest BCUT2D eigenvalue weighted by Gasteiger charge is -2.25. The highest BCUT2D eigenvalue weighted by atomic mass is 16.3. The minimum absolute atomic E-state index is 0.0166. The molecule has 10 aromatic rings. The van der Waals surface area contributed by atoms with Crippen LogP contribution in [-0.4, -0.2) is 114 Å². The van der Waals surface area contributed by atoms with Gasteiger partial charge in [0.2, 0.25) is 0 Å². The molecule has 4 nitrogen and oxygen atoms in total. The Hall–Kier alpha value is -6.91. The molecule has 0 N–H and O–H groups in total. The zero-order valence-electron chi connectivity index (χ0n) is 38.6. The molecule has 0 saturated carbocycles. The summed E-state index contributed by atoms with van der Waals surface area (Å²) in [4.78, 5) is 2.13. The highest BCUT2D eigenvalue weighted by Crippen LogP contribution is 2.43. The minimum Gasteiger partial charge on any atom is -0.457 e. The smallest absolute Gasteiger partial charge is 0.127 e. The Bertz CT molecular complexity index is 4200. The number of hydrogen-bond donors (Lipinski definition) is 0. The van der Waals surface area contributed by atoms with E-state index < -0.39 is 0 Å². The van der Waals surface area contributed by atoms with Crippen molar-refractivity contribution in [1.82, 2.24) is 4.57 Å². The quantitative estimate of drug-likeness (QED) is 0.236. The summed E-state index contributed by atoms with van der Waals surface area (Å²) >= 11 is 0. The Labute approximate surface area is 435 Å². The van der Waals surface area contributed by atoms with E-state index in [-0.39, 0.29) is 110 Å². The van der Waals surface area contributed by atoms with Crippen molar-refractivity contribution >= 4 is 247 Å². The van der Waals surface area contributed by atoms with Crippen LogP contribution in [0.5, 0.6) is 0 Å². The number of furan rings is 2. The van der Waals surface area contributed by atoms with Crippen LogP contribution >= 0.6 is 0 Å². The molecule has 0 aliphatic carbocycles. The highest BCUT2D eigenvalue weighted by molar-refractivity contribution is 6.69. The van der Waals surface area contributed by atoms with Crippen LogP contribution in [0, 0.1) is 0 Å². The van der Waals surface area contributed by atoms with Crippen LogP contribution in [0.25, 0.3) is 99.2 Å². The third kappa shape index (κ3) is 6.87. The third-order valence-electron chi connectivity index (χ3n) is 13.6. The van der Waals surface area contributed by atoms with Crippen molar-refractivity contribution in [3.8, 4) is 27.9 Å². The molecule has 0 unspecified atom stereocenters. The summed E-state index contributed by atoms with van der Waals surface area (Å²) in [5, 5.41) is 2.12. The second-order valence-corrected chi connectivity index (χ2v) is 17.7. The molecule has 72 heavy (non-hydrogen) atoms. The molecule has 18 heteroatoms. The average molecular weight is 882 g/mol. The van der Waals surface area contributed by atoms with Gasteiger partial charge in [0.15, 0.2) is 0 Å². The Balaban J connectivity index is 1.26. The molecule has 28 radical (unpaired) electrons. The molecule has 3 aromatic heterocycles. The van der Waals surface area contributed by atoms with E-state index in [2.05, 4.69) is 54.5 Å². The van der Waals surface area contributed by atoms with E-state index in [0.29, 0.717) is 38.3 Å². The monoisotopic (exact) mass is 884 g/mol. The molecule has 1 aliphatic rings. The first-order chi connectivity index (χ1) is 34.4. The molecule has 0 saturated heterocycles. The van der Waals surface area contributed by atoms with Crippen LogP contribution in [-0.2, 0) is 0 Å². The fraction of sp³-hybridized carbons (Fsp3) is 0. The summed E-state index contributed by atoms with van der Waals surface area (Å²) < 4.78 is 14.4. The van der Waals surface area contributed by atoms with Crippen molar-refractivity contribution in [1.29, 1.82) is 0 Å². The predicted octanol–water partition coefficient (Wildman–Crippen LogP) is 1.21. The van der Waals surface area contributed by atoms with Gasteiger partial charge in [-0.1, -0.05) is 110 Å². The van der Waals surface area contributed by atoms with E-state index in [1.165, 1.54) is 0 Å². The Morgan fingerprint density at radius 1 is 0.514 bits per heavy atom. The SMILES string of the molecule is [B]C(=C)c1oc2c([B])c([B])c(-n3c4ccc(-c5ccc6c(c5)C(=C)/C=C\C=C/N6c5ccccc5)cc4c4c(-c5c([B])c([B])c6oc7c([B])c([B])c([B])c([B])c7c6c5[B])cccc43)c([B])c2c1C([B])=C([B])[B]. The van der Waals surface area contributed by atoms with E-state index in [9.17, 15) is 0 Å². The van der Waals surface area contributed by atoms with Gasteiger partial charge in [0.1, 0.15) is 117 Å². The van der Waals surface area contributed by atoms with Gasteiger partial charge in [0, 0.05) is 55.6 Å². The molecule has 0 spiro atoms. The summed E-state index contributed by atoms with van der Waals surface area (Å²) in [5.41, 5.74) is 9.41. The molecule has 0 bridgehead atoms. The maximum Gasteiger partial charge on any atom is 0.127 e. The summed E-state index contributed by atoms with van der Waals surface area (Å²) in [5.74, 6) is 0.0648. The topological polar surface area (TPSA) is 34.5 Å². The van der Waals surface area contributed by atoms with Gasteiger partial charge in [-0.3, -0.25) is 0 Å². The van der Waals surface area contributed by atoms with Gasteiger partial charge in [-0.05, 0) is 76.4 Å². The van der Waals surface area contributed by atoms with Crippen LogP contribution < -0.4 is 59.5 Å². The van der Waals surface area contributed by atoms with Crippen molar-refractivity contribution in [2.24, 2.45) is 0 Å². The standard InChI is InChI=1S/C54H22B14N2O2/c1-21-9-6-7-18-69(25-10-4-3-5-11-25)29-16-14-23(19-27(21)29)24-15-17-30-28(20-24)32-26(33-38(56)34-35-40(58)43(61)44(62)47(65)52(35)72-51(34)46(64)39(33)57)12-8-13-31(32)70(30)49-41(59)36-37(42(60)54(67)68)50(22(2)55)71-53(36)48(66)45(49)63/h3-20H,1-2H2/b9-6-,18-7-. The van der Waals surface area contributed by atoms with Crippen LogP contribution in [0.2, 0.25) is 0 Å². The van der Waals surface area contributed by atoms with Gasteiger partial charge in [-0.25, -0.2) is 0 Å². The number of allylic oxidation sites excluding steroid dienone is 4. The molecule has 302 valence electrons. The lowest BCUT2D eigenvalue weighted by Crippen LogP contribution is -2.47. The summed E-state index contributed by atoms with van der Waals surface area (Å²) in [6.07, 6.45) is 7.96. The van der Waals surface area contributed by atoms with E-state index in [4.69, 9.17) is 119 Å². The second-order valence-electron chi connectivity index (χ2n) is 17.7. The summed E-state index contributed by atoms with van der Waals surface area (Å²) in [6.45, 7) is 8.35. The lowest BCUT2D eigenvalue weighted by atomic mass is 9.64. The van der Waals surface area contributed by atoms with Gasteiger partial charge in [0.05, 0.1) is 32.4 Å². The Kier molecular flexibility index (Phi) is 11.5. The fourth-order valence-corrected chi connectivity index (χ4v) is 10.1. The molecule has 1 aliphatic heterocycles. The second kappa shape index (κ2) is 17.4. The van der Waals surface area contributed by atoms with Crippen LogP contribution in [0.15, 0.2) is 137 Å². The van der Waals surface area contributed by atoms with Gasteiger partial charge >= 0.3 is 0 Å². The van der Waals surface area contributed by atoms with Crippen LogP contribution in [0.1, 0.15) is 16.9 Å². The van der Waals surface area contributed by atoms with Gasteiger partial charge < -0.3 is 18.3 Å². The van der Waals surface area contributed by atoms with E-state index >= 15 is 0 Å². The van der Waals surface area contributed by atoms with E-state index in [0.717, 1.165) is 39.0 Å². The van der Waals surface area contributed by atoms with Gasteiger partial charge in [-0.2, -0.15) is 5.37 Å². The molecule has 0 atom stereocenters. The lowest BCUT2D eigenvalue weighted by molar-refractivity contribution is 0.604. The number of aromatic nitrogens is 1. The highest BCUT2D eigenvalue weighted by Gasteiger charge is 2.28. The normalized spacial score (nSPS) is 13.5. The fourth-order valence-electron chi connectivity index (χ4n) is 10.1. The number of para-hydroxylation sites is 1. The van der Waals surface area contributed by atoms with Gasteiger partial charge in [-0.15, -0.1) is 23.0 Å². The first-order valence-corrected chi connectivity index (χ1v) is 22.4. The summed E-state index contributed by atoms with van der Waals surface area (Å²) in [7, 11) is 93.2. The number of benzene rings is 7. The minimum atomic E-state index is -0.213. The van der Waals surface area contributed by atoms with E-state index in [1.54, 1.807) is 0 Å².